The van der Waals surface area contributed by atoms with Crippen LogP contribution >= 0.6 is 43.6 Å². The van der Waals surface area contributed by atoms with Crippen LogP contribution in [0.1, 0.15) is 0 Å². The highest BCUT2D eigenvalue weighted by Gasteiger charge is 2.16. The maximum absolute atomic E-state index is 12.2. The number of halogens is 2. The smallest absolute Gasteiger partial charge is 0.210 e. The van der Waals surface area contributed by atoms with Crippen LogP contribution in [0.3, 0.4) is 0 Å². The van der Waals surface area contributed by atoms with Crippen LogP contribution in [0.4, 0.5) is 0 Å². The van der Waals surface area contributed by atoms with Gasteiger partial charge in [0.05, 0.1) is 4.90 Å². The highest BCUT2D eigenvalue weighted by Crippen LogP contribution is 2.25. The zero-order valence-corrected chi connectivity index (χ0v) is 15.7. The third-order valence-electron chi connectivity index (χ3n) is 2.59. The number of hydrogen-bond acceptors (Lipinski definition) is 3. The Morgan fingerprint density at radius 3 is 2.43 bits per heavy atom. The molecule has 0 spiro atoms. The van der Waals surface area contributed by atoms with E-state index in [1.165, 1.54) is 0 Å². The molecule has 2 rings (SSSR count). The second-order valence-corrected chi connectivity index (χ2v) is 8.81. The first-order chi connectivity index (χ1) is 9.99. The Morgan fingerprint density at radius 2 is 1.76 bits per heavy atom. The SMILES string of the molecule is O=S(=O)(NCCSc1ccccc1)c1ccc(Br)cc1Br. The minimum Gasteiger partial charge on any atom is -0.210 e. The standard InChI is InChI=1S/C14H13Br2NO2S2/c15-11-6-7-14(13(16)10-11)21(18,19)17-8-9-20-12-4-2-1-3-5-12/h1-7,10,17H,8-9H2. The molecule has 0 aliphatic carbocycles. The Hall–Kier alpha value is -0.340. The fourth-order valence-electron chi connectivity index (χ4n) is 1.63. The molecule has 21 heavy (non-hydrogen) atoms. The van der Waals surface area contributed by atoms with E-state index in [-0.39, 0.29) is 4.90 Å². The first kappa shape index (κ1) is 17.0. The van der Waals surface area contributed by atoms with E-state index in [0.717, 1.165) is 9.37 Å². The highest BCUT2D eigenvalue weighted by molar-refractivity contribution is 9.11. The summed E-state index contributed by atoms with van der Waals surface area (Å²) in [6.07, 6.45) is 0. The summed E-state index contributed by atoms with van der Waals surface area (Å²) in [5, 5.41) is 0. The van der Waals surface area contributed by atoms with Crippen LogP contribution in [-0.4, -0.2) is 20.7 Å². The number of benzene rings is 2. The average molecular weight is 451 g/mol. The van der Waals surface area contributed by atoms with Gasteiger partial charge < -0.3 is 0 Å². The molecule has 0 aromatic heterocycles. The van der Waals surface area contributed by atoms with Gasteiger partial charge in [-0.15, -0.1) is 11.8 Å². The second kappa shape index (κ2) is 7.78. The van der Waals surface area contributed by atoms with Crippen molar-refractivity contribution in [3.63, 3.8) is 0 Å². The summed E-state index contributed by atoms with van der Waals surface area (Å²) in [6.45, 7) is 0.379. The molecule has 3 nitrogen and oxygen atoms in total. The average Bonchev–Trinajstić information content (AvgIpc) is 2.44. The molecule has 0 bridgehead atoms. The minimum atomic E-state index is -3.49. The molecule has 0 radical (unpaired) electrons. The monoisotopic (exact) mass is 449 g/mol. The lowest BCUT2D eigenvalue weighted by Crippen LogP contribution is -2.26. The van der Waals surface area contributed by atoms with E-state index in [9.17, 15) is 8.42 Å². The molecule has 0 heterocycles. The molecule has 0 fully saturated rings. The van der Waals surface area contributed by atoms with Gasteiger partial charge in [0.2, 0.25) is 10.0 Å². The Labute approximate surface area is 145 Å². The summed E-state index contributed by atoms with van der Waals surface area (Å²) in [5.74, 6) is 0.678. The largest absolute Gasteiger partial charge is 0.241 e. The summed E-state index contributed by atoms with van der Waals surface area (Å²) in [6, 6.07) is 14.9. The fraction of sp³-hybridized carbons (Fsp3) is 0.143. The van der Waals surface area contributed by atoms with E-state index in [2.05, 4.69) is 36.6 Å². The van der Waals surface area contributed by atoms with Gasteiger partial charge in [-0.1, -0.05) is 34.1 Å². The number of thioether (sulfide) groups is 1. The lowest BCUT2D eigenvalue weighted by Gasteiger charge is -2.08. The van der Waals surface area contributed by atoms with Crippen molar-refractivity contribution >= 4 is 53.6 Å². The van der Waals surface area contributed by atoms with Crippen molar-refractivity contribution in [1.82, 2.24) is 4.72 Å². The summed E-state index contributed by atoms with van der Waals surface area (Å²) in [5.41, 5.74) is 0. The summed E-state index contributed by atoms with van der Waals surface area (Å²) in [7, 11) is -3.49. The Bertz CT molecular complexity index is 706. The van der Waals surface area contributed by atoms with Gasteiger partial charge >= 0.3 is 0 Å². The molecule has 0 aliphatic rings. The molecule has 0 atom stereocenters. The van der Waals surface area contributed by atoms with E-state index in [4.69, 9.17) is 0 Å². The van der Waals surface area contributed by atoms with Gasteiger partial charge in [-0.05, 0) is 46.3 Å². The van der Waals surface area contributed by atoms with E-state index in [1.54, 1.807) is 30.0 Å². The van der Waals surface area contributed by atoms with Crippen molar-refractivity contribution in [2.45, 2.75) is 9.79 Å². The molecule has 0 unspecified atom stereocenters. The normalized spacial score (nSPS) is 11.5. The van der Waals surface area contributed by atoms with E-state index in [0.29, 0.717) is 16.8 Å². The fourth-order valence-corrected chi connectivity index (χ4v) is 5.33. The molecule has 1 N–H and O–H groups in total. The molecule has 2 aromatic rings. The van der Waals surface area contributed by atoms with Crippen molar-refractivity contribution in [2.24, 2.45) is 0 Å². The molecular weight excluding hydrogens is 438 g/mol. The number of hydrogen-bond donors (Lipinski definition) is 1. The Balaban J connectivity index is 1.92. The predicted octanol–water partition coefficient (Wildman–Crippen LogP) is 4.28. The summed E-state index contributed by atoms with van der Waals surface area (Å²) >= 11 is 8.20. The maximum Gasteiger partial charge on any atom is 0.241 e. The van der Waals surface area contributed by atoms with Crippen LogP contribution in [0.25, 0.3) is 0 Å². The van der Waals surface area contributed by atoms with Crippen LogP contribution < -0.4 is 4.72 Å². The maximum atomic E-state index is 12.2. The summed E-state index contributed by atoms with van der Waals surface area (Å²) < 4.78 is 28.4. The van der Waals surface area contributed by atoms with Crippen molar-refractivity contribution in [1.29, 1.82) is 0 Å². The van der Waals surface area contributed by atoms with Gasteiger partial charge in [0, 0.05) is 26.1 Å². The number of nitrogens with one attached hydrogen (secondary N) is 1. The van der Waals surface area contributed by atoms with E-state index in [1.807, 2.05) is 30.3 Å². The highest BCUT2D eigenvalue weighted by atomic mass is 79.9. The summed E-state index contributed by atoms with van der Waals surface area (Å²) in [4.78, 5) is 1.37. The molecular formula is C14H13Br2NO2S2. The van der Waals surface area contributed by atoms with E-state index >= 15 is 0 Å². The zero-order valence-electron chi connectivity index (χ0n) is 10.9. The van der Waals surface area contributed by atoms with Crippen molar-refractivity contribution in [2.75, 3.05) is 12.3 Å². The van der Waals surface area contributed by atoms with Crippen molar-refractivity contribution in [3.05, 3.63) is 57.5 Å². The Kier molecular flexibility index (Phi) is 6.31. The molecule has 0 aliphatic heterocycles. The number of rotatable bonds is 6. The number of sulfonamides is 1. The van der Waals surface area contributed by atoms with Crippen molar-refractivity contribution < 1.29 is 8.42 Å². The van der Waals surface area contributed by atoms with Crippen LogP contribution in [0.15, 0.2) is 67.3 Å². The minimum absolute atomic E-state index is 0.246. The van der Waals surface area contributed by atoms with Gasteiger partial charge in [-0.2, -0.15) is 0 Å². The Morgan fingerprint density at radius 1 is 1.05 bits per heavy atom. The van der Waals surface area contributed by atoms with Crippen LogP contribution in [-0.2, 0) is 10.0 Å². The third-order valence-corrected chi connectivity index (χ3v) is 6.53. The molecule has 0 saturated heterocycles. The lowest BCUT2D eigenvalue weighted by molar-refractivity contribution is 0.583. The van der Waals surface area contributed by atoms with Gasteiger partial charge in [0.15, 0.2) is 0 Å². The molecule has 0 saturated carbocycles. The van der Waals surface area contributed by atoms with Crippen LogP contribution in [0, 0.1) is 0 Å². The first-order valence-electron chi connectivity index (χ1n) is 6.11. The van der Waals surface area contributed by atoms with Crippen molar-refractivity contribution in [3.8, 4) is 0 Å². The van der Waals surface area contributed by atoms with Gasteiger partial charge in [-0.25, -0.2) is 13.1 Å². The van der Waals surface area contributed by atoms with Gasteiger partial charge in [0.25, 0.3) is 0 Å². The molecule has 7 heteroatoms. The zero-order chi connectivity index (χ0) is 15.3. The van der Waals surface area contributed by atoms with Gasteiger partial charge in [0.1, 0.15) is 0 Å². The topological polar surface area (TPSA) is 46.2 Å². The third kappa shape index (κ3) is 5.10. The molecule has 112 valence electrons. The quantitative estimate of drug-likeness (QED) is 0.527. The van der Waals surface area contributed by atoms with Crippen LogP contribution in [0.5, 0.6) is 0 Å². The van der Waals surface area contributed by atoms with Crippen LogP contribution in [0.2, 0.25) is 0 Å². The predicted molar refractivity (Wildman–Crippen MR) is 94.2 cm³/mol. The van der Waals surface area contributed by atoms with E-state index < -0.39 is 10.0 Å². The first-order valence-corrected chi connectivity index (χ1v) is 10.2. The van der Waals surface area contributed by atoms with Gasteiger partial charge in [-0.3, -0.25) is 0 Å². The molecule has 0 amide bonds. The molecule has 2 aromatic carbocycles. The second-order valence-electron chi connectivity index (χ2n) is 4.13. The lowest BCUT2D eigenvalue weighted by atomic mass is 10.4.